The van der Waals surface area contributed by atoms with Crippen molar-refractivity contribution in [3.05, 3.63) is 41.9 Å². The van der Waals surface area contributed by atoms with Gasteiger partial charge in [-0.3, -0.25) is 14.3 Å². The van der Waals surface area contributed by atoms with Gasteiger partial charge in [-0.15, -0.1) is 0 Å². The number of rotatable bonds is 3. The normalized spacial score (nSPS) is 18.4. The second kappa shape index (κ2) is 6.68. The van der Waals surface area contributed by atoms with Gasteiger partial charge in [0.1, 0.15) is 11.5 Å². The molecule has 8 heteroatoms. The van der Waals surface area contributed by atoms with E-state index in [1.807, 2.05) is 11.8 Å². The number of likely N-dealkylation sites (tertiary alicyclic amines) is 1. The van der Waals surface area contributed by atoms with Crippen LogP contribution in [0.5, 0.6) is 0 Å². The van der Waals surface area contributed by atoms with Crippen LogP contribution in [0.4, 0.5) is 5.82 Å². The number of anilines is 1. The van der Waals surface area contributed by atoms with Crippen LogP contribution in [0.2, 0.25) is 0 Å². The number of nitrogens with one attached hydrogen (secondary N) is 1. The highest BCUT2D eigenvalue weighted by molar-refractivity contribution is 6.01. The van der Waals surface area contributed by atoms with Gasteiger partial charge in [0, 0.05) is 51.4 Å². The summed E-state index contributed by atoms with van der Waals surface area (Å²) < 4.78 is 1.75. The first-order valence-electron chi connectivity index (χ1n) is 9.45. The lowest BCUT2D eigenvalue weighted by Crippen LogP contribution is -2.68. The van der Waals surface area contributed by atoms with Crippen molar-refractivity contribution in [3.8, 4) is 0 Å². The van der Waals surface area contributed by atoms with Gasteiger partial charge in [0.25, 0.3) is 11.8 Å². The van der Waals surface area contributed by atoms with Crippen LogP contribution in [-0.4, -0.2) is 56.8 Å². The standard InChI is InChI=1S/C19H24N6O2/c1-3-24-13-14(12-21-24)18(27)23-10-7-19(8-11-23)22-17(26)15-6-5-9-20-16(15)25(19)4-2/h5-6,9,12-13H,3-4,7-8,10-11H2,1-2H3,(H,22,26). The number of pyridine rings is 1. The monoisotopic (exact) mass is 368 g/mol. The summed E-state index contributed by atoms with van der Waals surface area (Å²) in [6.45, 7) is 6.68. The van der Waals surface area contributed by atoms with Gasteiger partial charge in [0.05, 0.1) is 17.3 Å². The molecule has 2 amide bonds. The first kappa shape index (κ1) is 17.5. The van der Waals surface area contributed by atoms with E-state index < -0.39 is 5.66 Å². The molecule has 142 valence electrons. The van der Waals surface area contributed by atoms with Crippen LogP contribution in [0.15, 0.2) is 30.7 Å². The Morgan fingerprint density at radius 2 is 2.04 bits per heavy atom. The average Bonchev–Trinajstić information content (AvgIpc) is 3.18. The quantitative estimate of drug-likeness (QED) is 0.888. The first-order chi connectivity index (χ1) is 13.1. The molecule has 4 heterocycles. The van der Waals surface area contributed by atoms with Crippen LogP contribution in [0.25, 0.3) is 0 Å². The fourth-order valence-corrected chi connectivity index (χ4v) is 4.09. The minimum absolute atomic E-state index is 0.00624. The van der Waals surface area contributed by atoms with Gasteiger partial charge in [-0.2, -0.15) is 5.10 Å². The molecule has 27 heavy (non-hydrogen) atoms. The number of carbonyl (C=O) groups excluding carboxylic acids is 2. The number of amides is 2. The lowest BCUT2D eigenvalue weighted by Gasteiger charge is -2.51. The summed E-state index contributed by atoms with van der Waals surface area (Å²) in [5.41, 5.74) is 0.729. The summed E-state index contributed by atoms with van der Waals surface area (Å²) in [5.74, 6) is 0.632. The van der Waals surface area contributed by atoms with Crippen molar-refractivity contribution in [2.75, 3.05) is 24.5 Å². The van der Waals surface area contributed by atoms with Crippen LogP contribution in [-0.2, 0) is 6.54 Å². The van der Waals surface area contributed by atoms with Crippen LogP contribution in [0.1, 0.15) is 47.4 Å². The lowest BCUT2D eigenvalue weighted by atomic mass is 9.91. The molecule has 1 spiro atoms. The molecular formula is C19H24N6O2. The molecule has 0 atom stereocenters. The molecule has 4 rings (SSSR count). The van der Waals surface area contributed by atoms with E-state index in [-0.39, 0.29) is 11.8 Å². The van der Waals surface area contributed by atoms with Crippen molar-refractivity contribution in [2.24, 2.45) is 0 Å². The van der Waals surface area contributed by atoms with Crippen LogP contribution in [0.3, 0.4) is 0 Å². The maximum Gasteiger partial charge on any atom is 0.257 e. The first-order valence-corrected chi connectivity index (χ1v) is 9.45. The highest BCUT2D eigenvalue weighted by Crippen LogP contribution is 2.36. The number of aromatic nitrogens is 3. The highest BCUT2D eigenvalue weighted by atomic mass is 16.2. The second-order valence-corrected chi connectivity index (χ2v) is 6.98. The number of aryl methyl sites for hydroxylation is 1. The molecular weight excluding hydrogens is 344 g/mol. The summed E-state index contributed by atoms with van der Waals surface area (Å²) in [4.78, 5) is 33.9. The minimum Gasteiger partial charge on any atom is -0.338 e. The molecule has 2 aromatic heterocycles. The number of carbonyl (C=O) groups is 2. The van der Waals surface area contributed by atoms with Crippen LogP contribution < -0.4 is 10.2 Å². The third-order valence-corrected chi connectivity index (χ3v) is 5.55. The van der Waals surface area contributed by atoms with E-state index in [9.17, 15) is 9.59 Å². The number of hydrogen-bond donors (Lipinski definition) is 1. The molecule has 8 nitrogen and oxygen atoms in total. The smallest absolute Gasteiger partial charge is 0.257 e. The molecule has 0 bridgehead atoms. The molecule has 0 unspecified atom stereocenters. The van der Waals surface area contributed by atoms with Crippen LogP contribution >= 0.6 is 0 Å². The Labute approximate surface area is 158 Å². The van der Waals surface area contributed by atoms with Gasteiger partial charge < -0.3 is 15.1 Å². The van der Waals surface area contributed by atoms with Crippen molar-refractivity contribution >= 4 is 17.6 Å². The number of hydrogen-bond acceptors (Lipinski definition) is 5. The summed E-state index contributed by atoms with van der Waals surface area (Å²) >= 11 is 0. The predicted molar refractivity (Wildman–Crippen MR) is 100 cm³/mol. The summed E-state index contributed by atoms with van der Waals surface area (Å²) in [6, 6.07) is 3.58. The lowest BCUT2D eigenvalue weighted by molar-refractivity contribution is 0.0602. The molecule has 2 aliphatic rings. The van der Waals surface area contributed by atoms with Gasteiger partial charge >= 0.3 is 0 Å². The summed E-state index contributed by atoms with van der Waals surface area (Å²) in [7, 11) is 0. The maximum absolute atomic E-state index is 12.8. The zero-order valence-electron chi connectivity index (χ0n) is 15.7. The fourth-order valence-electron chi connectivity index (χ4n) is 4.09. The molecule has 2 aromatic rings. The van der Waals surface area contributed by atoms with E-state index >= 15 is 0 Å². The molecule has 0 saturated carbocycles. The topological polar surface area (TPSA) is 83.4 Å². The van der Waals surface area contributed by atoms with Crippen molar-refractivity contribution in [3.63, 3.8) is 0 Å². The third kappa shape index (κ3) is 2.85. The molecule has 0 radical (unpaired) electrons. The van der Waals surface area contributed by atoms with Gasteiger partial charge in [-0.05, 0) is 26.0 Å². The van der Waals surface area contributed by atoms with Crippen LogP contribution in [0, 0.1) is 0 Å². The second-order valence-electron chi connectivity index (χ2n) is 6.98. The Kier molecular flexibility index (Phi) is 4.33. The zero-order chi connectivity index (χ0) is 19.0. The van der Waals surface area contributed by atoms with E-state index in [0.717, 1.165) is 18.9 Å². The Hall–Kier alpha value is -2.90. The molecule has 1 fully saturated rings. The van der Waals surface area contributed by atoms with Gasteiger partial charge in [0.15, 0.2) is 0 Å². The van der Waals surface area contributed by atoms with E-state index in [1.165, 1.54) is 0 Å². The van der Waals surface area contributed by atoms with Gasteiger partial charge in [0.2, 0.25) is 0 Å². The Balaban J connectivity index is 1.54. The van der Waals surface area contributed by atoms with Crippen molar-refractivity contribution in [2.45, 2.75) is 38.9 Å². The average molecular weight is 368 g/mol. The van der Waals surface area contributed by atoms with E-state index in [0.29, 0.717) is 37.1 Å². The molecule has 2 aliphatic heterocycles. The molecule has 1 N–H and O–H groups in total. The maximum atomic E-state index is 12.8. The van der Waals surface area contributed by atoms with Gasteiger partial charge in [-0.25, -0.2) is 4.98 Å². The highest BCUT2D eigenvalue weighted by Gasteiger charge is 2.46. The molecule has 1 saturated heterocycles. The Bertz CT molecular complexity index is 869. The third-order valence-electron chi connectivity index (χ3n) is 5.55. The predicted octanol–water partition coefficient (Wildman–Crippen LogP) is 1.50. The molecule has 0 aromatic carbocycles. The summed E-state index contributed by atoms with van der Waals surface area (Å²) in [5, 5.41) is 7.38. The van der Waals surface area contributed by atoms with E-state index in [1.54, 1.807) is 35.4 Å². The molecule has 0 aliphatic carbocycles. The number of piperidine rings is 1. The largest absolute Gasteiger partial charge is 0.338 e. The Morgan fingerprint density at radius 3 is 2.70 bits per heavy atom. The zero-order valence-corrected chi connectivity index (χ0v) is 15.7. The summed E-state index contributed by atoms with van der Waals surface area (Å²) in [6.07, 6.45) is 6.45. The van der Waals surface area contributed by atoms with Crippen molar-refractivity contribution in [1.82, 2.24) is 25.0 Å². The minimum atomic E-state index is -0.489. The SMILES string of the molecule is CCN1c2ncccc2C(=O)NC12CCN(C(=O)c1cnn(CC)c1)CC2. The number of nitrogens with zero attached hydrogens (tertiary/aromatic N) is 5. The van der Waals surface area contributed by atoms with Crippen molar-refractivity contribution in [1.29, 1.82) is 0 Å². The van der Waals surface area contributed by atoms with Gasteiger partial charge in [-0.1, -0.05) is 0 Å². The van der Waals surface area contributed by atoms with E-state index in [4.69, 9.17) is 0 Å². The van der Waals surface area contributed by atoms with Crippen molar-refractivity contribution < 1.29 is 9.59 Å². The fraction of sp³-hybridized carbons (Fsp3) is 0.474. The number of fused-ring (bicyclic) bond motifs is 1. The van der Waals surface area contributed by atoms with E-state index in [2.05, 4.69) is 27.2 Å². The Morgan fingerprint density at radius 1 is 1.26 bits per heavy atom.